The number of benzene rings is 3. The molecule has 0 aliphatic carbocycles. The quantitative estimate of drug-likeness (QED) is 0.338. The Kier molecular flexibility index (Phi) is 7.34. The molecular formula is C28H38N4. The van der Waals surface area contributed by atoms with Gasteiger partial charge >= 0.3 is 0 Å². The molecule has 0 saturated heterocycles. The second-order valence-electron chi connectivity index (χ2n) is 9.95. The Morgan fingerprint density at radius 2 is 0.844 bits per heavy atom. The Labute approximate surface area is 194 Å². The second-order valence-corrected chi connectivity index (χ2v) is 9.95. The third-order valence-electron chi connectivity index (χ3n) is 4.81. The van der Waals surface area contributed by atoms with E-state index < -0.39 is 0 Å². The van der Waals surface area contributed by atoms with Gasteiger partial charge in [-0.25, -0.2) is 0 Å². The summed E-state index contributed by atoms with van der Waals surface area (Å²) in [5.74, 6) is 0. The van der Waals surface area contributed by atoms with E-state index in [0.717, 1.165) is 34.1 Å². The van der Waals surface area contributed by atoms with Gasteiger partial charge in [0.25, 0.3) is 0 Å². The summed E-state index contributed by atoms with van der Waals surface area (Å²) in [6, 6.07) is 26.7. The van der Waals surface area contributed by atoms with E-state index >= 15 is 0 Å². The Hall–Kier alpha value is -3.14. The number of rotatable bonds is 8. The Bertz CT molecular complexity index is 912. The third-order valence-corrected chi connectivity index (χ3v) is 4.81. The van der Waals surface area contributed by atoms with Crippen molar-refractivity contribution in [1.29, 1.82) is 0 Å². The second kappa shape index (κ2) is 9.99. The van der Waals surface area contributed by atoms with Crippen LogP contribution in [-0.4, -0.2) is 17.6 Å². The fourth-order valence-electron chi connectivity index (χ4n) is 3.65. The molecule has 0 aliphatic rings. The van der Waals surface area contributed by atoms with E-state index in [1.807, 2.05) is 0 Å². The van der Waals surface area contributed by atoms with Crippen molar-refractivity contribution in [3.8, 4) is 0 Å². The van der Waals surface area contributed by atoms with Crippen molar-refractivity contribution in [3.05, 3.63) is 72.8 Å². The highest BCUT2D eigenvalue weighted by atomic mass is 15.1. The zero-order valence-corrected chi connectivity index (χ0v) is 20.5. The van der Waals surface area contributed by atoms with Crippen LogP contribution in [0.25, 0.3) is 0 Å². The van der Waals surface area contributed by atoms with Gasteiger partial charge in [0.15, 0.2) is 0 Å². The van der Waals surface area contributed by atoms with Crippen molar-refractivity contribution in [2.45, 2.75) is 66.1 Å². The minimum absolute atomic E-state index is 0.0275. The molecule has 0 aliphatic heterocycles. The molecule has 0 atom stereocenters. The molecule has 0 amide bonds. The molecule has 4 nitrogen and oxygen atoms in total. The van der Waals surface area contributed by atoms with Gasteiger partial charge in [0.1, 0.15) is 0 Å². The molecule has 0 bridgehead atoms. The molecule has 32 heavy (non-hydrogen) atoms. The first-order chi connectivity index (χ1) is 15.1. The van der Waals surface area contributed by atoms with Gasteiger partial charge in [-0.2, -0.15) is 0 Å². The average Bonchev–Trinajstić information content (AvgIpc) is 2.70. The third kappa shape index (κ3) is 6.68. The Balaban J connectivity index is 1.96. The van der Waals surface area contributed by atoms with Crippen LogP contribution < -0.4 is 20.9 Å². The van der Waals surface area contributed by atoms with Crippen molar-refractivity contribution < 1.29 is 0 Å². The maximum atomic E-state index is 3.54. The highest BCUT2D eigenvalue weighted by Gasteiger charge is 2.14. The summed E-state index contributed by atoms with van der Waals surface area (Å²) < 4.78 is 0. The highest BCUT2D eigenvalue weighted by molar-refractivity contribution is 5.78. The predicted molar refractivity (Wildman–Crippen MR) is 142 cm³/mol. The Morgan fingerprint density at radius 1 is 0.531 bits per heavy atom. The molecule has 0 spiro atoms. The van der Waals surface area contributed by atoms with Gasteiger partial charge in [0.05, 0.1) is 0 Å². The lowest BCUT2D eigenvalue weighted by Crippen LogP contribution is -2.25. The fourth-order valence-corrected chi connectivity index (χ4v) is 3.65. The van der Waals surface area contributed by atoms with Gasteiger partial charge < -0.3 is 20.9 Å². The van der Waals surface area contributed by atoms with Crippen LogP contribution >= 0.6 is 0 Å². The number of nitrogens with zero attached hydrogens (tertiary/aromatic N) is 1. The summed E-state index contributed by atoms with van der Waals surface area (Å²) >= 11 is 0. The van der Waals surface area contributed by atoms with Crippen LogP contribution in [0.3, 0.4) is 0 Å². The van der Waals surface area contributed by atoms with E-state index in [0.29, 0.717) is 12.1 Å². The molecule has 3 N–H and O–H groups in total. The molecule has 0 heterocycles. The molecule has 0 saturated carbocycles. The van der Waals surface area contributed by atoms with Gasteiger partial charge in [-0.15, -0.1) is 0 Å². The lowest BCUT2D eigenvalue weighted by atomic mass is 10.1. The molecule has 0 fully saturated rings. The first-order valence-electron chi connectivity index (χ1n) is 11.5. The molecule has 4 heteroatoms. The van der Waals surface area contributed by atoms with Crippen LogP contribution in [0.5, 0.6) is 0 Å². The SMILES string of the molecule is CC(C)Nc1ccc(N(c2ccc(NC(C)C)cc2)c2ccc(NC(C)(C)C)cc2)cc1. The molecule has 170 valence electrons. The number of hydrogen-bond acceptors (Lipinski definition) is 4. The van der Waals surface area contributed by atoms with Crippen molar-refractivity contribution in [3.63, 3.8) is 0 Å². The summed E-state index contributed by atoms with van der Waals surface area (Å²) in [6.07, 6.45) is 0. The minimum atomic E-state index is 0.0275. The van der Waals surface area contributed by atoms with Crippen LogP contribution in [0, 0.1) is 0 Å². The highest BCUT2D eigenvalue weighted by Crippen LogP contribution is 2.36. The maximum absolute atomic E-state index is 3.54. The average molecular weight is 431 g/mol. The van der Waals surface area contributed by atoms with Gasteiger partial charge in [-0.05, 0) is 121 Å². The topological polar surface area (TPSA) is 39.3 Å². The van der Waals surface area contributed by atoms with Crippen LogP contribution in [-0.2, 0) is 0 Å². The summed E-state index contributed by atoms with van der Waals surface area (Å²) in [4.78, 5) is 2.29. The van der Waals surface area contributed by atoms with Gasteiger partial charge in [0.2, 0.25) is 0 Å². The zero-order chi connectivity index (χ0) is 23.3. The van der Waals surface area contributed by atoms with Gasteiger partial charge in [0, 0.05) is 51.7 Å². The molecule has 3 rings (SSSR count). The van der Waals surface area contributed by atoms with Crippen molar-refractivity contribution >= 4 is 34.1 Å². The van der Waals surface area contributed by atoms with E-state index in [-0.39, 0.29) is 5.54 Å². The standard InChI is InChI=1S/C28H38N4/c1-20(2)29-22-8-14-25(15-9-22)32(26-16-10-23(11-17-26)30-21(3)4)27-18-12-24(13-19-27)31-28(5,6)7/h8-21,29-31H,1-7H3. The van der Waals surface area contributed by atoms with Gasteiger partial charge in [-0.1, -0.05) is 0 Å². The first-order valence-corrected chi connectivity index (χ1v) is 11.5. The van der Waals surface area contributed by atoms with E-state index in [4.69, 9.17) is 0 Å². The van der Waals surface area contributed by atoms with Crippen molar-refractivity contribution in [2.24, 2.45) is 0 Å². The maximum Gasteiger partial charge on any atom is 0.0463 e. The minimum Gasteiger partial charge on any atom is -0.383 e. The zero-order valence-electron chi connectivity index (χ0n) is 20.5. The number of anilines is 6. The summed E-state index contributed by atoms with van der Waals surface area (Å²) in [5, 5.41) is 10.5. The summed E-state index contributed by atoms with van der Waals surface area (Å²) in [5.41, 5.74) is 6.78. The first kappa shape index (κ1) is 23.5. The smallest absolute Gasteiger partial charge is 0.0463 e. The lowest BCUT2D eigenvalue weighted by Gasteiger charge is -2.27. The van der Waals surface area contributed by atoms with Crippen molar-refractivity contribution in [1.82, 2.24) is 0 Å². The molecule has 0 radical (unpaired) electrons. The molecular weight excluding hydrogens is 392 g/mol. The van der Waals surface area contributed by atoms with Crippen LogP contribution in [0.15, 0.2) is 72.8 Å². The van der Waals surface area contributed by atoms with Crippen LogP contribution in [0.1, 0.15) is 48.5 Å². The molecule has 0 aromatic heterocycles. The van der Waals surface area contributed by atoms with Crippen LogP contribution in [0.2, 0.25) is 0 Å². The lowest BCUT2D eigenvalue weighted by molar-refractivity contribution is 0.634. The van der Waals surface area contributed by atoms with E-state index in [1.54, 1.807) is 0 Å². The molecule has 3 aromatic carbocycles. The normalized spacial score (nSPS) is 11.5. The Morgan fingerprint density at radius 3 is 1.12 bits per heavy atom. The number of hydrogen-bond donors (Lipinski definition) is 3. The number of nitrogens with one attached hydrogen (secondary N) is 3. The summed E-state index contributed by atoms with van der Waals surface area (Å²) in [7, 11) is 0. The van der Waals surface area contributed by atoms with E-state index in [9.17, 15) is 0 Å². The molecule has 3 aromatic rings. The summed E-state index contributed by atoms with van der Waals surface area (Å²) in [6.45, 7) is 15.1. The van der Waals surface area contributed by atoms with Crippen molar-refractivity contribution in [2.75, 3.05) is 20.9 Å². The van der Waals surface area contributed by atoms with E-state index in [1.165, 1.54) is 0 Å². The largest absolute Gasteiger partial charge is 0.383 e. The predicted octanol–water partition coefficient (Wildman–Crippen LogP) is 8.01. The molecule has 0 unspecified atom stereocenters. The monoisotopic (exact) mass is 430 g/mol. The van der Waals surface area contributed by atoms with Crippen LogP contribution in [0.4, 0.5) is 34.1 Å². The fraction of sp³-hybridized carbons (Fsp3) is 0.357. The van der Waals surface area contributed by atoms with Gasteiger partial charge in [-0.3, -0.25) is 0 Å². The van der Waals surface area contributed by atoms with E-state index in [2.05, 4.69) is 142 Å².